The summed E-state index contributed by atoms with van der Waals surface area (Å²) in [6.07, 6.45) is 5.05. The zero-order valence-corrected chi connectivity index (χ0v) is 13.7. The van der Waals surface area contributed by atoms with E-state index in [1.807, 2.05) is 27.7 Å². The molecule has 0 heteroatoms. The summed E-state index contributed by atoms with van der Waals surface area (Å²) in [7, 11) is 0. The van der Waals surface area contributed by atoms with Crippen LogP contribution in [0.1, 0.15) is 84.8 Å². The molecule has 0 bridgehead atoms. The minimum Gasteiger partial charge on any atom is -0.0683 e. The van der Waals surface area contributed by atoms with Gasteiger partial charge in [0.25, 0.3) is 0 Å². The van der Waals surface area contributed by atoms with Crippen LogP contribution in [0.3, 0.4) is 0 Å². The Morgan fingerprint density at radius 2 is 1.44 bits per heavy atom. The predicted octanol–water partition coefficient (Wildman–Crippen LogP) is 6.60. The van der Waals surface area contributed by atoms with Gasteiger partial charge in [0.1, 0.15) is 0 Å². The second-order valence-corrected chi connectivity index (χ2v) is 3.95. The Bertz CT molecular complexity index is 262. The quantitative estimate of drug-likeness (QED) is 0.552. The van der Waals surface area contributed by atoms with Crippen LogP contribution >= 0.6 is 0 Å². The Morgan fingerprint density at radius 1 is 0.889 bits per heavy atom. The highest BCUT2D eigenvalue weighted by molar-refractivity contribution is 5.30. The fraction of sp³-hybridized carbons (Fsp3) is 0.667. The number of rotatable bonds is 5. The van der Waals surface area contributed by atoms with Gasteiger partial charge in [-0.15, -0.1) is 0 Å². The third-order valence-electron chi connectivity index (χ3n) is 3.01. The average Bonchev–Trinajstić information content (AvgIpc) is 2.49. The highest BCUT2D eigenvalue weighted by Gasteiger charge is 2.10. The minimum absolute atomic E-state index is 0.774. The van der Waals surface area contributed by atoms with Crippen LogP contribution in [0.15, 0.2) is 24.3 Å². The standard InChI is InChI=1S/C14H22.2C2H6/c1-4-9-12(5-2)14-11-8-7-10-13(14)6-3;2*1-2/h7-8,10-12H,4-6,9H2,1-3H3;2*1-2H3. The van der Waals surface area contributed by atoms with Crippen molar-refractivity contribution in [1.82, 2.24) is 0 Å². The molecule has 0 aliphatic carbocycles. The molecule has 0 spiro atoms. The first-order valence-corrected chi connectivity index (χ1v) is 7.91. The first-order chi connectivity index (χ1) is 8.83. The molecule has 1 rings (SSSR count). The van der Waals surface area contributed by atoms with Crippen LogP contribution < -0.4 is 0 Å². The molecule has 0 radical (unpaired) electrons. The SMILES string of the molecule is CC.CC.CCCC(CC)c1ccccc1CC. The zero-order chi connectivity index (χ0) is 14.4. The van der Waals surface area contributed by atoms with E-state index in [1.54, 1.807) is 5.56 Å². The Balaban J connectivity index is 0. The second kappa shape index (κ2) is 14.3. The van der Waals surface area contributed by atoms with Crippen molar-refractivity contribution in [2.45, 2.75) is 80.1 Å². The minimum atomic E-state index is 0.774. The molecule has 1 atom stereocenters. The van der Waals surface area contributed by atoms with Gasteiger partial charge in [0.2, 0.25) is 0 Å². The molecule has 0 fully saturated rings. The van der Waals surface area contributed by atoms with Gasteiger partial charge in [0, 0.05) is 0 Å². The van der Waals surface area contributed by atoms with Gasteiger partial charge < -0.3 is 0 Å². The fourth-order valence-electron chi connectivity index (χ4n) is 2.18. The van der Waals surface area contributed by atoms with E-state index in [-0.39, 0.29) is 0 Å². The molecule has 1 aromatic carbocycles. The maximum absolute atomic E-state index is 2.31. The summed E-state index contributed by atoms with van der Waals surface area (Å²) in [5, 5.41) is 0. The summed E-state index contributed by atoms with van der Waals surface area (Å²) in [5.41, 5.74) is 3.12. The van der Waals surface area contributed by atoms with Crippen molar-refractivity contribution in [3.8, 4) is 0 Å². The molecule has 0 N–H and O–H groups in total. The first kappa shape index (κ1) is 19.6. The van der Waals surface area contributed by atoms with Crippen molar-refractivity contribution < 1.29 is 0 Å². The predicted molar refractivity (Wildman–Crippen MR) is 86.5 cm³/mol. The number of benzene rings is 1. The lowest BCUT2D eigenvalue weighted by atomic mass is 9.88. The molecule has 1 unspecified atom stereocenters. The van der Waals surface area contributed by atoms with Crippen molar-refractivity contribution in [2.24, 2.45) is 0 Å². The summed E-state index contributed by atoms with van der Waals surface area (Å²) in [4.78, 5) is 0. The first-order valence-electron chi connectivity index (χ1n) is 7.91. The molecule has 106 valence electrons. The van der Waals surface area contributed by atoms with E-state index in [0.29, 0.717) is 0 Å². The van der Waals surface area contributed by atoms with E-state index in [0.717, 1.165) is 12.3 Å². The van der Waals surface area contributed by atoms with Crippen LogP contribution in [0, 0.1) is 0 Å². The fourth-order valence-corrected chi connectivity index (χ4v) is 2.18. The lowest BCUT2D eigenvalue weighted by Gasteiger charge is -2.17. The van der Waals surface area contributed by atoms with Gasteiger partial charge in [-0.25, -0.2) is 0 Å². The van der Waals surface area contributed by atoms with Crippen molar-refractivity contribution in [2.75, 3.05) is 0 Å². The van der Waals surface area contributed by atoms with E-state index in [2.05, 4.69) is 45.0 Å². The molecule has 1 aromatic rings. The Morgan fingerprint density at radius 3 is 1.89 bits per heavy atom. The Labute approximate surface area is 116 Å². The van der Waals surface area contributed by atoms with Gasteiger partial charge in [0.05, 0.1) is 0 Å². The van der Waals surface area contributed by atoms with Gasteiger partial charge in [-0.1, -0.05) is 79.2 Å². The molecule has 0 aromatic heterocycles. The van der Waals surface area contributed by atoms with Crippen molar-refractivity contribution in [3.05, 3.63) is 35.4 Å². The van der Waals surface area contributed by atoms with Gasteiger partial charge in [0.15, 0.2) is 0 Å². The van der Waals surface area contributed by atoms with Crippen molar-refractivity contribution >= 4 is 0 Å². The summed E-state index contributed by atoms with van der Waals surface area (Å²) >= 11 is 0. The second-order valence-electron chi connectivity index (χ2n) is 3.95. The lowest BCUT2D eigenvalue weighted by molar-refractivity contribution is 0.591. The molecule has 0 heterocycles. The molecule has 18 heavy (non-hydrogen) atoms. The number of aryl methyl sites for hydroxylation is 1. The van der Waals surface area contributed by atoms with Gasteiger partial charge >= 0.3 is 0 Å². The van der Waals surface area contributed by atoms with Crippen LogP contribution in [0.5, 0.6) is 0 Å². The van der Waals surface area contributed by atoms with Crippen LogP contribution in [0.2, 0.25) is 0 Å². The van der Waals surface area contributed by atoms with Crippen molar-refractivity contribution in [1.29, 1.82) is 0 Å². The molecule has 0 amide bonds. The molecular formula is C18H34. The van der Waals surface area contributed by atoms with Crippen LogP contribution in [0.4, 0.5) is 0 Å². The number of hydrogen-bond acceptors (Lipinski definition) is 0. The van der Waals surface area contributed by atoms with E-state index in [9.17, 15) is 0 Å². The van der Waals surface area contributed by atoms with Crippen LogP contribution in [-0.2, 0) is 6.42 Å². The monoisotopic (exact) mass is 250 g/mol. The van der Waals surface area contributed by atoms with E-state index in [4.69, 9.17) is 0 Å². The maximum Gasteiger partial charge on any atom is -0.0162 e. The normalized spacial score (nSPS) is 10.6. The van der Waals surface area contributed by atoms with Crippen molar-refractivity contribution in [3.63, 3.8) is 0 Å². The molecule has 0 saturated heterocycles. The summed E-state index contributed by atoms with van der Waals surface area (Å²) in [6, 6.07) is 8.91. The van der Waals surface area contributed by atoms with Gasteiger partial charge in [-0.05, 0) is 36.3 Å². The van der Waals surface area contributed by atoms with Crippen LogP contribution in [-0.4, -0.2) is 0 Å². The summed E-state index contributed by atoms with van der Waals surface area (Å²) in [6.45, 7) is 14.8. The molecule has 0 saturated carbocycles. The Hall–Kier alpha value is -0.780. The summed E-state index contributed by atoms with van der Waals surface area (Å²) in [5.74, 6) is 0.774. The maximum atomic E-state index is 2.31. The number of hydrogen-bond donors (Lipinski definition) is 0. The third kappa shape index (κ3) is 6.83. The molecule has 0 aliphatic heterocycles. The lowest BCUT2D eigenvalue weighted by Crippen LogP contribution is -2.01. The molecule has 0 aliphatic rings. The highest BCUT2D eigenvalue weighted by atomic mass is 14.2. The van der Waals surface area contributed by atoms with E-state index < -0.39 is 0 Å². The highest BCUT2D eigenvalue weighted by Crippen LogP contribution is 2.27. The molecular weight excluding hydrogens is 216 g/mol. The zero-order valence-electron chi connectivity index (χ0n) is 13.7. The van der Waals surface area contributed by atoms with E-state index >= 15 is 0 Å². The largest absolute Gasteiger partial charge is 0.0683 e. The average molecular weight is 250 g/mol. The molecule has 0 nitrogen and oxygen atoms in total. The topological polar surface area (TPSA) is 0 Å². The van der Waals surface area contributed by atoms with Crippen LogP contribution in [0.25, 0.3) is 0 Å². The summed E-state index contributed by atoms with van der Waals surface area (Å²) < 4.78 is 0. The Kier molecular flexibility index (Phi) is 15.5. The van der Waals surface area contributed by atoms with E-state index in [1.165, 1.54) is 24.8 Å². The smallest absolute Gasteiger partial charge is 0.0162 e. The van der Waals surface area contributed by atoms with Gasteiger partial charge in [-0.3, -0.25) is 0 Å². The van der Waals surface area contributed by atoms with Gasteiger partial charge in [-0.2, -0.15) is 0 Å². The third-order valence-corrected chi connectivity index (χ3v) is 3.01.